The molecule has 1 fully saturated rings. The van der Waals surface area contributed by atoms with E-state index < -0.39 is 0 Å². The first-order chi connectivity index (χ1) is 13.2. The topological polar surface area (TPSA) is 66.3 Å². The number of imidazole rings is 1. The van der Waals surface area contributed by atoms with Gasteiger partial charge in [-0.2, -0.15) is 0 Å². The standard InChI is InChI=1S/C21H21N5O/c1-14(27)25-9-5-16(6-10-25)21-24-20(19-13-22-8-11-26(19)21)17-3-2-15-4-7-23-18(15)12-17/h2-4,7-8,11-13,16,23H,5-6,9-10H2,1H3. The molecule has 6 heteroatoms. The number of fused-ring (bicyclic) bond motifs is 2. The molecule has 0 radical (unpaired) electrons. The molecule has 0 unspecified atom stereocenters. The molecule has 1 N–H and O–H groups in total. The fraction of sp³-hybridized carbons (Fsp3) is 0.286. The van der Waals surface area contributed by atoms with Gasteiger partial charge in [-0.3, -0.25) is 14.2 Å². The van der Waals surface area contributed by atoms with Gasteiger partial charge >= 0.3 is 0 Å². The van der Waals surface area contributed by atoms with E-state index in [0.717, 1.165) is 54.0 Å². The largest absolute Gasteiger partial charge is 0.361 e. The molecule has 5 rings (SSSR count). The second kappa shape index (κ2) is 6.23. The third-order valence-corrected chi connectivity index (χ3v) is 5.61. The molecule has 4 aromatic rings. The first kappa shape index (κ1) is 16.1. The second-order valence-corrected chi connectivity index (χ2v) is 7.21. The van der Waals surface area contributed by atoms with Gasteiger partial charge in [-0.15, -0.1) is 0 Å². The van der Waals surface area contributed by atoms with Crippen LogP contribution in [0.25, 0.3) is 27.7 Å². The van der Waals surface area contributed by atoms with Crippen molar-refractivity contribution in [2.24, 2.45) is 0 Å². The maximum Gasteiger partial charge on any atom is 0.219 e. The van der Waals surface area contributed by atoms with Crippen LogP contribution in [0.1, 0.15) is 31.5 Å². The highest BCUT2D eigenvalue weighted by Gasteiger charge is 2.26. The number of hydrogen-bond acceptors (Lipinski definition) is 3. The Balaban J connectivity index is 1.57. The molecule has 1 amide bonds. The number of aromatic amines is 1. The van der Waals surface area contributed by atoms with Crippen LogP contribution in [0.2, 0.25) is 0 Å². The van der Waals surface area contributed by atoms with E-state index in [9.17, 15) is 4.79 Å². The Bertz CT molecular complexity index is 1130. The van der Waals surface area contributed by atoms with E-state index in [2.05, 4.69) is 38.6 Å². The summed E-state index contributed by atoms with van der Waals surface area (Å²) in [5, 5.41) is 1.19. The van der Waals surface area contributed by atoms with Crippen LogP contribution in [0.15, 0.2) is 49.1 Å². The van der Waals surface area contributed by atoms with Crippen molar-refractivity contribution < 1.29 is 4.79 Å². The molecule has 1 aliphatic rings. The van der Waals surface area contributed by atoms with E-state index in [4.69, 9.17) is 4.98 Å². The molecule has 6 nitrogen and oxygen atoms in total. The zero-order valence-corrected chi connectivity index (χ0v) is 15.2. The van der Waals surface area contributed by atoms with Crippen molar-refractivity contribution in [3.63, 3.8) is 0 Å². The monoisotopic (exact) mass is 359 g/mol. The lowest BCUT2D eigenvalue weighted by Crippen LogP contribution is -2.36. The SMILES string of the molecule is CC(=O)N1CCC(c2nc(-c3ccc4cc[nH]c4c3)c3cnccn23)CC1. The number of carbonyl (C=O) groups is 1. The molecule has 0 saturated carbocycles. The van der Waals surface area contributed by atoms with Crippen molar-refractivity contribution in [2.45, 2.75) is 25.7 Å². The van der Waals surface area contributed by atoms with Crippen molar-refractivity contribution in [3.8, 4) is 11.3 Å². The minimum atomic E-state index is 0.158. The minimum Gasteiger partial charge on any atom is -0.361 e. The Hall–Kier alpha value is -3.15. The molecule has 0 bridgehead atoms. The molecular formula is C21H21N5O. The molecule has 136 valence electrons. The molecular weight excluding hydrogens is 338 g/mol. The van der Waals surface area contributed by atoms with Gasteiger partial charge in [-0.1, -0.05) is 12.1 Å². The third kappa shape index (κ3) is 2.68. The maximum absolute atomic E-state index is 11.6. The van der Waals surface area contributed by atoms with Gasteiger partial charge in [0.15, 0.2) is 0 Å². The fourth-order valence-electron chi connectivity index (χ4n) is 4.11. The average molecular weight is 359 g/mol. The van der Waals surface area contributed by atoms with Gasteiger partial charge in [0, 0.05) is 55.6 Å². The highest BCUT2D eigenvalue weighted by atomic mass is 16.2. The zero-order valence-electron chi connectivity index (χ0n) is 15.2. The Morgan fingerprint density at radius 2 is 2.07 bits per heavy atom. The predicted molar refractivity (Wildman–Crippen MR) is 105 cm³/mol. The average Bonchev–Trinajstić information content (AvgIpc) is 3.32. The number of amides is 1. The zero-order chi connectivity index (χ0) is 18.4. The number of benzene rings is 1. The minimum absolute atomic E-state index is 0.158. The van der Waals surface area contributed by atoms with Crippen LogP contribution in [-0.2, 0) is 4.79 Å². The van der Waals surface area contributed by atoms with Gasteiger partial charge in [0.2, 0.25) is 5.91 Å². The van der Waals surface area contributed by atoms with Crippen LogP contribution in [0.3, 0.4) is 0 Å². The summed E-state index contributed by atoms with van der Waals surface area (Å²) in [6.07, 6.45) is 9.52. The Labute approximate surface area is 156 Å². The first-order valence-corrected chi connectivity index (χ1v) is 9.36. The Morgan fingerprint density at radius 3 is 2.89 bits per heavy atom. The van der Waals surface area contributed by atoms with Crippen molar-refractivity contribution in [1.29, 1.82) is 0 Å². The van der Waals surface area contributed by atoms with Crippen LogP contribution in [0, 0.1) is 0 Å². The summed E-state index contributed by atoms with van der Waals surface area (Å²) in [6, 6.07) is 8.45. The Kier molecular flexibility index (Phi) is 3.70. The van der Waals surface area contributed by atoms with Gasteiger partial charge in [0.05, 0.1) is 17.4 Å². The number of nitrogens with one attached hydrogen (secondary N) is 1. The van der Waals surface area contributed by atoms with E-state index in [1.54, 1.807) is 13.1 Å². The Morgan fingerprint density at radius 1 is 1.22 bits per heavy atom. The molecule has 0 spiro atoms. The van der Waals surface area contributed by atoms with Gasteiger partial charge in [-0.05, 0) is 30.4 Å². The van der Waals surface area contributed by atoms with Crippen LogP contribution in [0.5, 0.6) is 0 Å². The predicted octanol–water partition coefficient (Wildman–Crippen LogP) is 3.60. The van der Waals surface area contributed by atoms with Crippen molar-refractivity contribution in [2.75, 3.05) is 13.1 Å². The van der Waals surface area contributed by atoms with Gasteiger partial charge < -0.3 is 9.88 Å². The highest BCUT2D eigenvalue weighted by Crippen LogP contribution is 2.33. The van der Waals surface area contributed by atoms with E-state index in [0.29, 0.717) is 5.92 Å². The number of carbonyl (C=O) groups excluding carboxylic acids is 1. The molecule has 4 heterocycles. The normalized spacial score (nSPS) is 15.7. The van der Waals surface area contributed by atoms with E-state index in [1.165, 1.54) is 5.39 Å². The molecule has 1 aliphatic heterocycles. The summed E-state index contributed by atoms with van der Waals surface area (Å²) in [7, 11) is 0. The summed E-state index contributed by atoms with van der Waals surface area (Å²) in [5.74, 6) is 1.57. The number of aromatic nitrogens is 4. The molecule has 0 aliphatic carbocycles. The van der Waals surface area contributed by atoms with Crippen molar-refractivity contribution in [1.82, 2.24) is 24.3 Å². The first-order valence-electron chi connectivity index (χ1n) is 9.36. The fourth-order valence-corrected chi connectivity index (χ4v) is 4.11. The summed E-state index contributed by atoms with van der Waals surface area (Å²) < 4.78 is 2.16. The number of nitrogens with zero attached hydrogens (tertiary/aromatic N) is 4. The summed E-state index contributed by atoms with van der Waals surface area (Å²) >= 11 is 0. The van der Waals surface area contributed by atoms with E-state index >= 15 is 0 Å². The molecule has 0 atom stereocenters. The lowest BCUT2D eigenvalue weighted by atomic mass is 9.96. The summed E-state index contributed by atoms with van der Waals surface area (Å²) in [4.78, 5) is 26.2. The van der Waals surface area contributed by atoms with Crippen LogP contribution in [-0.4, -0.2) is 43.2 Å². The molecule has 27 heavy (non-hydrogen) atoms. The van der Waals surface area contributed by atoms with Crippen molar-refractivity contribution >= 4 is 22.3 Å². The lowest BCUT2D eigenvalue weighted by molar-refractivity contribution is -0.129. The molecule has 3 aromatic heterocycles. The summed E-state index contributed by atoms with van der Waals surface area (Å²) in [6.45, 7) is 3.24. The van der Waals surface area contributed by atoms with Gasteiger partial charge in [0.1, 0.15) is 5.82 Å². The smallest absolute Gasteiger partial charge is 0.219 e. The second-order valence-electron chi connectivity index (χ2n) is 7.21. The quantitative estimate of drug-likeness (QED) is 0.595. The third-order valence-electron chi connectivity index (χ3n) is 5.61. The van der Waals surface area contributed by atoms with Crippen molar-refractivity contribution in [3.05, 3.63) is 54.9 Å². The van der Waals surface area contributed by atoms with E-state index in [1.807, 2.05) is 23.5 Å². The highest BCUT2D eigenvalue weighted by molar-refractivity contribution is 5.87. The van der Waals surface area contributed by atoms with Crippen LogP contribution >= 0.6 is 0 Å². The number of likely N-dealkylation sites (tertiary alicyclic amines) is 1. The van der Waals surface area contributed by atoms with E-state index in [-0.39, 0.29) is 5.91 Å². The number of rotatable bonds is 2. The molecule has 1 aromatic carbocycles. The van der Waals surface area contributed by atoms with Crippen LogP contribution in [0.4, 0.5) is 0 Å². The number of H-pyrrole nitrogens is 1. The maximum atomic E-state index is 11.6. The summed E-state index contributed by atoms with van der Waals surface area (Å²) in [5.41, 5.74) is 4.17. The lowest BCUT2D eigenvalue weighted by Gasteiger charge is -2.30. The van der Waals surface area contributed by atoms with Crippen LogP contribution < -0.4 is 0 Å². The number of piperidine rings is 1. The number of hydrogen-bond donors (Lipinski definition) is 1. The van der Waals surface area contributed by atoms with Gasteiger partial charge in [0.25, 0.3) is 0 Å². The molecule has 1 saturated heterocycles. The van der Waals surface area contributed by atoms with Gasteiger partial charge in [-0.25, -0.2) is 4.98 Å².